The van der Waals surface area contributed by atoms with Gasteiger partial charge in [0.2, 0.25) is 0 Å². The lowest BCUT2D eigenvalue weighted by Crippen LogP contribution is -2.24. The van der Waals surface area contributed by atoms with Gasteiger partial charge in [-0.05, 0) is 45.4 Å². The summed E-state index contributed by atoms with van der Waals surface area (Å²) >= 11 is 3.18. The molecule has 0 aliphatic rings. The minimum atomic E-state index is 0.0542. The van der Waals surface area contributed by atoms with E-state index in [0.717, 1.165) is 37.1 Å². The molecule has 0 unspecified atom stereocenters. The summed E-state index contributed by atoms with van der Waals surface area (Å²) in [4.78, 5) is 19.9. The van der Waals surface area contributed by atoms with Crippen LogP contribution in [0.2, 0.25) is 0 Å². The van der Waals surface area contributed by atoms with Crippen LogP contribution < -0.4 is 5.56 Å². The smallest absolute Gasteiger partial charge is 0.263 e. The van der Waals surface area contributed by atoms with E-state index in [1.807, 2.05) is 79.7 Å². The van der Waals surface area contributed by atoms with Gasteiger partial charge in [-0.2, -0.15) is 5.10 Å². The van der Waals surface area contributed by atoms with Crippen molar-refractivity contribution < 1.29 is 0 Å². The van der Waals surface area contributed by atoms with Crippen molar-refractivity contribution in [2.24, 2.45) is 0 Å². The van der Waals surface area contributed by atoms with Crippen molar-refractivity contribution in [2.45, 2.75) is 44.6 Å². The molecule has 0 amide bonds. The van der Waals surface area contributed by atoms with Crippen molar-refractivity contribution in [3.8, 4) is 5.69 Å². The highest BCUT2D eigenvalue weighted by Crippen LogP contribution is 2.30. The summed E-state index contributed by atoms with van der Waals surface area (Å²) in [6, 6.07) is 10.1. The number of para-hydroxylation sites is 1. The van der Waals surface area contributed by atoms with Crippen molar-refractivity contribution in [1.82, 2.24) is 19.3 Å². The molecule has 7 heteroatoms. The molecule has 0 fully saturated rings. The largest absolute Gasteiger partial charge is 0.284 e. The number of benzene rings is 1. The third-order valence-electron chi connectivity index (χ3n) is 4.74. The molecule has 4 aromatic rings. The maximum absolute atomic E-state index is 13.1. The number of nitrogens with zero attached hydrogens (tertiary/aromatic N) is 4. The van der Waals surface area contributed by atoms with Gasteiger partial charge in [0.05, 0.1) is 17.3 Å². The molecule has 0 bridgehead atoms. The van der Waals surface area contributed by atoms with E-state index in [2.05, 4.69) is 5.10 Å². The second kappa shape index (κ2) is 7.56. The first-order chi connectivity index (χ1) is 13.5. The van der Waals surface area contributed by atoms with Gasteiger partial charge < -0.3 is 0 Å². The molecule has 0 aliphatic carbocycles. The standard InChI is InChI=1S/C21H22N4OS2/c1-13(2)25-20(26)18-14(3)15(4)28-19(18)23-21(25)27-12-16-10-22-24(11-16)17-8-6-5-7-9-17/h5-11,13H,12H2,1-4H3. The highest BCUT2D eigenvalue weighted by molar-refractivity contribution is 7.98. The summed E-state index contributed by atoms with van der Waals surface area (Å²) in [5, 5.41) is 5.98. The zero-order valence-electron chi connectivity index (χ0n) is 16.3. The quantitative estimate of drug-likeness (QED) is 0.338. The first kappa shape index (κ1) is 19.0. The molecular weight excluding hydrogens is 388 g/mol. The van der Waals surface area contributed by atoms with Gasteiger partial charge in [-0.25, -0.2) is 9.67 Å². The number of aryl methyl sites for hydroxylation is 2. The van der Waals surface area contributed by atoms with Crippen LogP contribution in [0.25, 0.3) is 15.9 Å². The molecule has 4 rings (SSSR count). The summed E-state index contributed by atoms with van der Waals surface area (Å²) < 4.78 is 3.68. The van der Waals surface area contributed by atoms with Crippen molar-refractivity contribution in [3.63, 3.8) is 0 Å². The van der Waals surface area contributed by atoms with Crippen LogP contribution in [-0.2, 0) is 5.75 Å². The van der Waals surface area contributed by atoms with Gasteiger partial charge in [0.1, 0.15) is 4.83 Å². The van der Waals surface area contributed by atoms with Gasteiger partial charge >= 0.3 is 0 Å². The van der Waals surface area contributed by atoms with Crippen LogP contribution in [0.1, 0.15) is 35.9 Å². The third kappa shape index (κ3) is 3.40. The summed E-state index contributed by atoms with van der Waals surface area (Å²) in [6.45, 7) is 8.11. The maximum atomic E-state index is 13.1. The van der Waals surface area contributed by atoms with E-state index in [0.29, 0.717) is 5.75 Å². The lowest BCUT2D eigenvalue weighted by molar-refractivity contribution is 0.519. The topological polar surface area (TPSA) is 52.7 Å². The van der Waals surface area contributed by atoms with Gasteiger partial charge in [-0.15, -0.1) is 11.3 Å². The van der Waals surface area contributed by atoms with Crippen LogP contribution in [-0.4, -0.2) is 19.3 Å². The summed E-state index contributed by atoms with van der Waals surface area (Å²) in [6.07, 6.45) is 3.90. The minimum Gasteiger partial charge on any atom is -0.284 e. The van der Waals surface area contributed by atoms with Gasteiger partial charge in [0.15, 0.2) is 5.16 Å². The van der Waals surface area contributed by atoms with Crippen molar-refractivity contribution >= 4 is 33.3 Å². The van der Waals surface area contributed by atoms with Crippen LogP contribution in [0.5, 0.6) is 0 Å². The number of hydrogen-bond donors (Lipinski definition) is 0. The van der Waals surface area contributed by atoms with Gasteiger partial charge in [-0.3, -0.25) is 9.36 Å². The monoisotopic (exact) mass is 410 g/mol. The molecule has 1 aromatic carbocycles. The number of hydrogen-bond acceptors (Lipinski definition) is 5. The average Bonchev–Trinajstić information content (AvgIpc) is 3.25. The fourth-order valence-electron chi connectivity index (χ4n) is 3.15. The Morgan fingerprint density at radius 2 is 1.93 bits per heavy atom. The molecule has 0 radical (unpaired) electrons. The highest BCUT2D eigenvalue weighted by Gasteiger charge is 2.18. The van der Waals surface area contributed by atoms with Crippen LogP contribution in [0.4, 0.5) is 0 Å². The molecule has 0 atom stereocenters. The van der Waals surface area contributed by atoms with Gasteiger partial charge in [0.25, 0.3) is 5.56 Å². The second-order valence-corrected chi connectivity index (χ2v) is 9.19. The number of thiophene rings is 1. The number of thioether (sulfide) groups is 1. The molecule has 0 saturated carbocycles. The van der Waals surface area contributed by atoms with E-state index in [-0.39, 0.29) is 11.6 Å². The first-order valence-electron chi connectivity index (χ1n) is 9.19. The van der Waals surface area contributed by atoms with Crippen molar-refractivity contribution in [2.75, 3.05) is 0 Å². The molecule has 0 N–H and O–H groups in total. The molecule has 144 valence electrons. The van der Waals surface area contributed by atoms with E-state index in [1.54, 1.807) is 23.1 Å². The Labute approximate surface area is 172 Å². The highest BCUT2D eigenvalue weighted by atomic mass is 32.2. The zero-order valence-corrected chi connectivity index (χ0v) is 18.0. The molecule has 3 heterocycles. The Hall–Kier alpha value is -2.38. The molecule has 0 saturated heterocycles. The zero-order chi connectivity index (χ0) is 19.8. The lowest BCUT2D eigenvalue weighted by atomic mass is 10.2. The van der Waals surface area contributed by atoms with E-state index in [4.69, 9.17) is 4.98 Å². The van der Waals surface area contributed by atoms with Crippen LogP contribution in [0.3, 0.4) is 0 Å². The normalized spacial score (nSPS) is 11.6. The van der Waals surface area contributed by atoms with E-state index < -0.39 is 0 Å². The van der Waals surface area contributed by atoms with Gasteiger partial charge in [-0.1, -0.05) is 30.0 Å². The summed E-state index contributed by atoms with van der Waals surface area (Å²) in [5.41, 5.74) is 3.23. The van der Waals surface area contributed by atoms with Crippen LogP contribution in [0, 0.1) is 13.8 Å². The Morgan fingerprint density at radius 1 is 1.18 bits per heavy atom. The summed E-state index contributed by atoms with van der Waals surface area (Å²) in [7, 11) is 0. The predicted molar refractivity (Wildman–Crippen MR) is 117 cm³/mol. The Balaban J connectivity index is 1.66. The number of rotatable bonds is 5. The Kier molecular flexibility index (Phi) is 5.12. The molecular formula is C21H22N4OS2. The minimum absolute atomic E-state index is 0.0542. The third-order valence-corrected chi connectivity index (χ3v) is 6.87. The van der Waals surface area contributed by atoms with Crippen LogP contribution >= 0.6 is 23.1 Å². The molecule has 0 spiro atoms. The molecule has 3 aromatic heterocycles. The predicted octanol–water partition coefficient (Wildman–Crippen LogP) is 5.13. The first-order valence-corrected chi connectivity index (χ1v) is 11.0. The fourth-order valence-corrected chi connectivity index (χ4v) is 5.26. The second-order valence-electron chi connectivity index (χ2n) is 7.04. The molecule has 28 heavy (non-hydrogen) atoms. The van der Waals surface area contributed by atoms with Crippen molar-refractivity contribution in [3.05, 3.63) is 69.1 Å². The van der Waals surface area contributed by atoms with E-state index in [1.165, 1.54) is 0 Å². The average molecular weight is 411 g/mol. The Bertz CT molecular complexity index is 1190. The molecule has 0 aliphatic heterocycles. The van der Waals surface area contributed by atoms with E-state index >= 15 is 0 Å². The van der Waals surface area contributed by atoms with E-state index in [9.17, 15) is 4.79 Å². The van der Waals surface area contributed by atoms with Gasteiger partial charge in [0, 0.05) is 28.4 Å². The SMILES string of the molecule is Cc1sc2nc(SCc3cnn(-c4ccccc4)c3)n(C(C)C)c(=O)c2c1C. The fraction of sp³-hybridized carbons (Fsp3) is 0.286. The Morgan fingerprint density at radius 3 is 2.64 bits per heavy atom. The van der Waals surface area contributed by atoms with Crippen LogP contribution in [0.15, 0.2) is 52.7 Å². The lowest BCUT2D eigenvalue weighted by Gasteiger charge is -2.15. The maximum Gasteiger partial charge on any atom is 0.263 e. The number of fused-ring (bicyclic) bond motifs is 1. The summed E-state index contributed by atoms with van der Waals surface area (Å²) in [5.74, 6) is 0.709. The van der Waals surface area contributed by atoms with Crippen molar-refractivity contribution in [1.29, 1.82) is 0 Å². The molecule has 5 nitrogen and oxygen atoms in total. The number of aromatic nitrogens is 4.